The fraction of sp³-hybridized carbons (Fsp3) is 0.0652. The van der Waals surface area contributed by atoms with Crippen LogP contribution in [-0.4, -0.2) is 24.9 Å². The summed E-state index contributed by atoms with van der Waals surface area (Å²) in [6.45, 7) is 4.34. The largest absolute Gasteiger partial charge is 0.256 e. The highest BCUT2D eigenvalue weighted by Crippen LogP contribution is 2.37. The summed E-state index contributed by atoms with van der Waals surface area (Å²) in [7, 11) is 0. The number of nitrogens with zero attached hydrogens (tertiary/aromatic N) is 5. The van der Waals surface area contributed by atoms with Gasteiger partial charge in [-0.25, -0.2) is 15.0 Å². The molecule has 4 heterocycles. The van der Waals surface area contributed by atoms with Crippen molar-refractivity contribution < 1.29 is 0 Å². The van der Waals surface area contributed by atoms with Crippen LogP contribution < -0.4 is 0 Å². The molecule has 9 rings (SSSR count). The van der Waals surface area contributed by atoms with Crippen molar-refractivity contribution in [2.45, 2.75) is 19.8 Å². The lowest BCUT2D eigenvalue weighted by Gasteiger charge is -2.14. The van der Waals surface area contributed by atoms with Gasteiger partial charge in [0, 0.05) is 44.7 Å². The van der Waals surface area contributed by atoms with Gasteiger partial charge in [-0.2, -0.15) is 0 Å². The molecule has 242 valence electrons. The summed E-state index contributed by atoms with van der Waals surface area (Å²) >= 11 is 0. The van der Waals surface area contributed by atoms with Gasteiger partial charge in [-0.15, -0.1) is 0 Å². The van der Waals surface area contributed by atoms with E-state index in [9.17, 15) is 0 Å². The molecule has 4 aromatic heterocycles. The molecule has 0 aliphatic rings. The van der Waals surface area contributed by atoms with Gasteiger partial charge >= 0.3 is 0 Å². The quantitative estimate of drug-likeness (QED) is 0.167. The SMILES string of the molecule is CC(C)c1ccc2ccc3c(-c4ccccc4)cc(-c4nc(-c5ccccc5)cc(-c5cccc(-c6cccc7cccnc67)c5)n4)nc3c2n1. The molecule has 5 aromatic carbocycles. The monoisotopic (exact) mass is 655 g/mol. The first-order chi connectivity index (χ1) is 25.1. The molecule has 0 spiro atoms. The number of benzene rings is 5. The Morgan fingerprint density at radius 3 is 1.88 bits per heavy atom. The Labute approximate surface area is 296 Å². The fourth-order valence-electron chi connectivity index (χ4n) is 6.83. The van der Waals surface area contributed by atoms with E-state index in [-0.39, 0.29) is 5.92 Å². The van der Waals surface area contributed by atoms with E-state index in [1.807, 2.05) is 36.5 Å². The lowest BCUT2D eigenvalue weighted by atomic mass is 9.97. The van der Waals surface area contributed by atoms with Gasteiger partial charge in [0.15, 0.2) is 5.82 Å². The average Bonchev–Trinajstić information content (AvgIpc) is 3.20. The van der Waals surface area contributed by atoms with Crippen molar-refractivity contribution >= 4 is 32.7 Å². The second-order valence-electron chi connectivity index (χ2n) is 13.1. The number of rotatable bonds is 6. The maximum atomic E-state index is 5.33. The van der Waals surface area contributed by atoms with Crippen LogP contribution in [0.1, 0.15) is 25.5 Å². The lowest BCUT2D eigenvalue weighted by molar-refractivity contribution is 0.830. The first-order valence-electron chi connectivity index (χ1n) is 17.3. The Kier molecular flexibility index (Phi) is 7.59. The molecule has 5 nitrogen and oxygen atoms in total. The van der Waals surface area contributed by atoms with Crippen molar-refractivity contribution in [3.63, 3.8) is 0 Å². The van der Waals surface area contributed by atoms with Gasteiger partial charge in [0.25, 0.3) is 0 Å². The molecule has 0 N–H and O–H groups in total. The molecule has 5 heteroatoms. The molecule has 0 saturated carbocycles. The van der Waals surface area contributed by atoms with Gasteiger partial charge in [0.2, 0.25) is 0 Å². The van der Waals surface area contributed by atoms with E-state index in [2.05, 4.69) is 135 Å². The second kappa shape index (κ2) is 12.7. The van der Waals surface area contributed by atoms with Crippen LogP contribution in [0.25, 0.3) is 89.0 Å². The van der Waals surface area contributed by atoms with E-state index in [1.54, 1.807) is 0 Å². The van der Waals surface area contributed by atoms with Crippen molar-refractivity contribution in [2.24, 2.45) is 0 Å². The van der Waals surface area contributed by atoms with Crippen LogP contribution in [0.3, 0.4) is 0 Å². The Hall–Kier alpha value is -6.59. The summed E-state index contributed by atoms with van der Waals surface area (Å²) in [6, 6.07) is 52.4. The van der Waals surface area contributed by atoms with E-state index in [1.165, 1.54) is 0 Å². The lowest BCUT2D eigenvalue weighted by Crippen LogP contribution is -2.00. The number of aromatic nitrogens is 5. The van der Waals surface area contributed by atoms with E-state index in [0.717, 1.165) is 83.2 Å². The third-order valence-electron chi connectivity index (χ3n) is 9.46. The third kappa shape index (κ3) is 5.69. The molecule has 0 fully saturated rings. The predicted octanol–water partition coefficient (Wildman–Crippen LogP) is 11.6. The molecule has 0 atom stereocenters. The molecule has 0 radical (unpaired) electrons. The predicted molar refractivity (Wildman–Crippen MR) is 209 cm³/mol. The number of fused-ring (bicyclic) bond motifs is 4. The minimum Gasteiger partial charge on any atom is -0.256 e. The molecular weight excluding hydrogens is 623 g/mol. The van der Waals surface area contributed by atoms with Crippen LogP contribution in [-0.2, 0) is 0 Å². The Balaban J connectivity index is 1.29. The second-order valence-corrected chi connectivity index (χ2v) is 13.1. The normalized spacial score (nSPS) is 11.5. The van der Waals surface area contributed by atoms with E-state index in [0.29, 0.717) is 11.5 Å². The van der Waals surface area contributed by atoms with Gasteiger partial charge in [0.05, 0.1) is 27.9 Å². The zero-order valence-corrected chi connectivity index (χ0v) is 28.3. The van der Waals surface area contributed by atoms with Gasteiger partial charge in [-0.3, -0.25) is 9.97 Å². The van der Waals surface area contributed by atoms with Crippen molar-refractivity contribution in [2.75, 3.05) is 0 Å². The molecule has 0 unspecified atom stereocenters. The number of hydrogen-bond donors (Lipinski definition) is 0. The maximum absolute atomic E-state index is 5.33. The first-order valence-corrected chi connectivity index (χ1v) is 17.3. The highest BCUT2D eigenvalue weighted by Gasteiger charge is 2.18. The Morgan fingerprint density at radius 2 is 1.08 bits per heavy atom. The maximum Gasteiger partial charge on any atom is 0.179 e. The molecule has 0 amide bonds. The summed E-state index contributed by atoms with van der Waals surface area (Å²) < 4.78 is 0. The first kappa shape index (κ1) is 30.5. The highest BCUT2D eigenvalue weighted by atomic mass is 14.9. The highest BCUT2D eigenvalue weighted by molar-refractivity contribution is 6.09. The van der Waals surface area contributed by atoms with Crippen LogP contribution in [0.15, 0.2) is 158 Å². The number of pyridine rings is 3. The standard InChI is InChI=1S/C46H33N5/c1-29(2)39-24-22-33-21-23-37-38(30-12-5-3-6-13-30)27-42(49-45(37)44(33)48-39)46-50-40(31-14-7-4-8-15-31)28-41(51-46)35-18-9-17-34(26-35)36-20-10-16-32-19-11-25-47-43(32)36/h3-29H,1-2H3. The average molecular weight is 656 g/mol. The zero-order valence-electron chi connectivity index (χ0n) is 28.3. The smallest absolute Gasteiger partial charge is 0.179 e. The molecule has 0 bridgehead atoms. The van der Waals surface area contributed by atoms with Crippen LogP contribution in [0.2, 0.25) is 0 Å². The van der Waals surface area contributed by atoms with E-state index < -0.39 is 0 Å². The van der Waals surface area contributed by atoms with Crippen LogP contribution in [0.5, 0.6) is 0 Å². The fourth-order valence-corrected chi connectivity index (χ4v) is 6.83. The zero-order chi connectivity index (χ0) is 34.3. The van der Waals surface area contributed by atoms with Gasteiger partial charge in [-0.1, -0.05) is 135 Å². The minimum absolute atomic E-state index is 0.287. The van der Waals surface area contributed by atoms with E-state index in [4.69, 9.17) is 24.9 Å². The van der Waals surface area contributed by atoms with Crippen LogP contribution in [0.4, 0.5) is 0 Å². The summed E-state index contributed by atoms with van der Waals surface area (Å²) in [6.07, 6.45) is 1.85. The van der Waals surface area contributed by atoms with Crippen LogP contribution in [0, 0.1) is 0 Å². The molecule has 9 aromatic rings. The number of hydrogen-bond acceptors (Lipinski definition) is 5. The summed E-state index contributed by atoms with van der Waals surface area (Å²) in [5.74, 6) is 0.843. The summed E-state index contributed by atoms with van der Waals surface area (Å²) in [5.41, 5.74) is 12.4. The third-order valence-corrected chi connectivity index (χ3v) is 9.46. The summed E-state index contributed by atoms with van der Waals surface area (Å²) in [5, 5.41) is 3.20. The molecule has 0 saturated heterocycles. The molecular formula is C46H33N5. The van der Waals surface area contributed by atoms with Gasteiger partial charge < -0.3 is 0 Å². The molecule has 0 aliphatic heterocycles. The van der Waals surface area contributed by atoms with Crippen molar-refractivity contribution in [1.82, 2.24) is 24.9 Å². The van der Waals surface area contributed by atoms with E-state index >= 15 is 0 Å². The topological polar surface area (TPSA) is 64.5 Å². The van der Waals surface area contributed by atoms with Crippen LogP contribution >= 0.6 is 0 Å². The van der Waals surface area contributed by atoms with Crippen molar-refractivity contribution in [3.05, 3.63) is 164 Å². The van der Waals surface area contributed by atoms with Gasteiger partial charge in [-0.05, 0) is 52.9 Å². The van der Waals surface area contributed by atoms with Gasteiger partial charge in [0.1, 0.15) is 5.69 Å². The molecule has 51 heavy (non-hydrogen) atoms. The number of para-hydroxylation sites is 1. The minimum atomic E-state index is 0.287. The Morgan fingerprint density at radius 1 is 0.412 bits per heavy atom. The Bertz CT molecular complexity index is 2720. The van der Waals surface area contributed by atoms with Crippen molar-refractivity contribution in [1.29, 1.82) is 0 Å². The van der Waals surface area contributed by atoms with Crippen molar-refractivity contribution in [3.8, 4) is 56.3 Å². The molecule has 0 aliphatic carbocycles. The summed E-state index contributed by atoms with van der Waals surface area (Å²) in [4.78, 5) is 25.6.